The van der Waals surface area contributed by atoms with Crippen molar-refractivity contribution in [3.05, 3.63) is 53.2 Å². The average Bonchev–Trinajstić information content (AvgIpc) is 3.21. The van der Waals surface area contributed by atoms with Crippen LogP contribution in [0.15, 0.2) is 34.9 Å². The molecule has 0 spiro atoms. The van der Waals surface area contributed by atoms with Crippen molar-refractivity contribution in [1.82, 2.24) is 4.90 Å². The van der Waals surface area contributed by atoms with Crippen molar-refractivity contribution in [3.63, 3.8) is 0 Å². The Labute approximate surface area is 158 Å². The standard InChI is InChI=1S/C18H17FN2O5S/c1-10-7-26-14(6-15(22)23)16(10)18(25)21-9-27-8-13(21)17(24)20-12-4-2-3-11(19)5-12/h2-5,7,13H,6,8-9H2,1H3,(H,20,24)(H,22,23). The number of benzene rings is 1. The number of rotatable bonds is 5. The van der Waals surface area contributed by atoms with E-state index in [2.05, 4.69) is 5.32 Å². The summed E-state index contributed by atoms with van der Waals surface area (Å²) in [5.41, 5.74) is 0.983. The number of nitrogens with one attached hydrogen (secondary N) is 1. The van der Waals surface area contributed by atoms with Crippen LogP contribution in [0.2, 0.25) is 0 Å². The molecule has 0 saturated carbocycles. The van der Waals surface area contributed by atoms with Crippen molar-refractivity contribution in [1.29, 1.82) is 0 Å². The van der Waals surface area contributed by atoms with Gasteiger partial charge in [0.25, 0.3) is 5.91 Å². The number of carboxylic acid groups (broad SMARTS) is 1. The Bertz CT molecular complexity index is 898. The summed E-state index contributed by atoms with van der Waals surface area (Å²) >= 11 is 1.41. The van der Waals surface area contributed by atoms with Gasteiger partial charge in [0, 0.05) is 17.0 Å². The number of hydrogen-bond donors (Lipinski definition) is 2. The fourth-order valence-electron chi connectivity index (χ4n) is 2.85. The summed E-state index contributed by atoms with van der Waals surface area (Å²) in [5.74, 6) is -1.74. The molecule has 9 heteroatoms. The molecule has 1 saturated heterocycles. The molecular weight excluding hydrogens is 375 g/mol. The predicted molar refractivity (Wildman–Crippen MR) is 97.1 cm³/mol. The summed E-state index contributed by atoms with van der Waals surface area (Å²) in [4.78, 5) is 37.9. The van der Waals surface area contributed by atoms with Crippen LogP contribution in [0.5, 0.6) is 0 Å². The topological polar surface area (TPSA) is 99.8 Å². The number of aliphatic carboxylic acids is 1. The summed E-state index contributed by atoms with van der Waals surface area (Å²) in [6.07, 6.45) is 0.909. The Morgan fingerprint density at radius 2 is 2.19 bits per heavy atom. The zero-order valence-corrected chi connectivity index (χ0v) is 15.2. The van der Waals surface area contributed by atoms with Crippen molar-refractivity contribution in [2.75, 3.05) is 16.9 Å². The lowest BCUT2D eigenvalue weighted by Crippen LogP contribution is -2.44. The van der Waals surface area contributed by atoms with E-state index in [1.165, 1.54) is 41.1 Å². The molecule has 1 atom stereocenters. The van der Waals surface area contributed by atoms with Crippen molar-refractivity contribution in [2.45, 2.75) is 19.4 Å². The highest BCUT2D eigenvalue weighted by molar-refractivity contribution is 7.99. The quantitative estimate of drug-likeness (QED) is 0.811. The minimum absolute atomic E-state index is 0.0613. The summed E-state index contributed by atoms with van der Waals surface area (Å²) < 4.78 is 18.5. The van der Waals surface area contributed by atoms with Gasteiger partial charge in [-0.15, -0.1) is 11.8 Å². The van der Waals surface area contributed by atoms with Gasteiger partial charge in [0.2, 0.25) is 5.91 Å². The van der Waals surface area contributed by atoms with Crippen LogP contribution in [0.1, 0.15) is 21.7 Å². The van der Waals surface area contributed by atoms with E-state index in [0.717, 1.165) is 0 Å². The van der Waals surface area contributed by atoms with Crippen molar-refractivity contribution in [2.24, 2.45) is 0 Å². The molecule has 1 aliphatic heterocycles. The average molecular weight is 392 g/mol. The highest BCUT2D eigenvalue weighted by Gasteiger charge is 2.37. The number of aryl methyl sites for hydroxylation is 1. The van der Waals surface area contributed by atoms with E-state index in [0.29, 0.717) is 17.0 Å². The van der Waals surface area contributed by atoms with E-state index in [4.69, 9.17) is 9.52 Å². The minimum atomic E-state index is -1.12. The summed E-state index contributed by atoms with van der Waals surface area (Å²) in [5, 5.41) is 11.6. The van der Waals surface area contributed by atoms with Crippen LogP contribution in [0.25, 0.3) is 0 Å². The van der Waals surface area contributed by atoms with E-state index >= 15 is 0 Å². The van der Waals surface area contributed by atoms with Crippen molar-refractivity contribution < 1.29 is 28.3 Å². The third-order valence-corrected chi connectivity index (χ3v) is 5.13. The first-order chi connectivity index (χ1) is 12.9. The fraction of sp³-hybridized carbons (Fsp3) is 0.278. The number of halogens is 1. The first-order valence-electron chi connectivity index (χ1n) is 8.10. The second kappa shape index (κ2) is 7.83. The summed E-state index contributed by atoms with van der Waals surface area (Å²) in [6, 6.07) is 4.74. The number of amides is 2. The van der Waals surface area contributed by atoms with Gasteiger partial charge in [-0.05, 0) is 25.1 Å². The molecule has 0 aliphatic carbocycles. The molecule has 1 unspecified atom stereocenters. The van der Waals surface area contributed by atoms with Crippen LogP contribution in [-0.4, -0.2) is 45.5 Å². The highest BCUT2D eigenvalue weighted by Crippen LogP contribution is 2.27. The molecule has 2 amide bonds. The van der Waals surface area contributed by atoms with Crippen LogP contribution in [-0.2, 0) is 16.0 Å². The summed E-state index contributed by atoms with van der Waals surface area (Å²) in [7, 11) is 0. The number of nitrogens with zero attached hydrogens (tertiary/aromatic N) is 1. The molecule has 0 radical (unpaired) electrons. The number of carbonyl (C=O) groups excluding carboxylic acids is 2. The van der Waals surface area contributed by atoms with Gasteiger partial charge in [-0.2, -0.15) is 0 Å². The predicted octanol–water partition coefficient (Wildman–Crippen LogP) is 2.51. The van der Waals surface area contributed by atoms with E-state index in [1.54, 1.807) is 13.0 Å². The Hall–Kier alpha value is -2.81. The number of furan rings is 1. The zero-order valence-electron chi connectivity index (χ0n) is 14.4. The second-order valence-electron chi connectivity index (χ2n) is 6.08. The molecular formula is C18H17FN2O5S. The molecule has 7 nitrogen and oxygen atoms in total. The minimum Gasteiger partial charge on any atom is -0.481 e. The number of carbonyl (C=O) groups is 3. The van der Waals surface area contributed by atoms with E-state index in [-0.39, 0.29) is 17.2 Å². The third kappa shape index (κ3) is 4.13. The third-order valence-electron chi connectivity index (χ3n) is 4.11. The summed E-state index contributed by atoms with van der Waals surface area (Å²) in [6.45, 7) is 1.65. The maximum absolute atomic E-state index is 13.3. The van der Waals surface area contributed by atoms with Crippen molar-refractivity contribution >= 4 is 35.2 Å². The fourth-order valence-corrected chi connectivity index (χ4v) is 4.00. The number of anilines is 1. The molecule has 0 bridgehead atoms. The molecule has 2 N–H and O–H groups in total. The number of hydrogen-bond acceptors (Lipinski definition) is 5. The van der Waals surface area contributed by atoms with Gasteiger partial charge in [0.1, 0.15) is 24.0 Å². The normalized spacial score (nSPS) is 16.4. The van der Waals surface area contributed by atoms with Gasteiger partial charge >= 0.3 is 5.97 Å². The lowest BCUT2D eigenvalue weighted by atomic mass is 10.1. The maximum atomic E-state index is 13.3. The van der Waals surface area contributed by atoms with Gasteiger partial charge in [-0.25, -0.2) is 4.39 Å². The Kier molecular flexibility index (Phi) is 5.50. The zero-order chi connectivity index (χ0) is 19.6. The van der Waals surface area contributed by atoms with Gasteiger partial charge in [0.15, 0.2) is 0 Å². The Morgan fingerprint density at radius 1 is 1.41 bits per heavy atom. The first kappa shape index (κ1) is 19.0. The molecule has 1 fully saturated rings. The molecule has 27 heavy (non-hydrogen) atoms. The Morgan fingerprint density at radius 3 is 2.89 bits per heavy atom. The van der Waals surface area contributed by atoms with Crippen LogP contribution in [0, 0.1) is 12.7 Å². The largest absolute Gasteiger partial charge is 0.481 e. The molecule has 1 aromatic heterocycles. The molecule has 2 heterocycles. The lowest BCUT2D eigenvalue weighted by Gasteiger charge is -2.23. The van der Waals surface area contributed by atoms with Gasteiger partial charge < -0.3 is 19.7 Å². The number of carboxylic acids is 1. The second-order valence-corrected chi connectivity index (χ2v) is 7.08. The first-order valence-corrected chi connectivity index (χ1v) is 9.26. The van der Waals surface area contributed by atoms with Crippen LogP contribution in [0.3, 0.4) is 0 Å². The van der Waals surface area contributed by atoms with Crippen LogP contribution >= 0.6 is 11.8 Å². The maximum Gasteiger partial charge on any atom is 0.311 e. The van der Waals surface area contributed by atoms with Gasteiger partial charge in [-0.1, -0.05) is 6.07 Å². The SMILES string of the molecule is Cc1coc(CC(=O)O)c1C(=O)N1CSCC1C(=O)Nc1cccc(F)c1. The lowest BCUT2D eigenvalue weighted by molar-refractivity contribution is -0.136. The van der Waals surface area contributed by atoms with Crippen LogP contribution < -0.4 is 5.32 Å². The van der Waals surface area contributed by atoms with Gasteiger partial charge in [-0.3, -0.25) is 14.4 Å². The monoisotopic (exact) mass is 392 g/mol. The molecule has 1 aromatic carbocycles. The van der Waals surface area contributed by atoms with Gasteiger partial charge in [0.05, 0.1) is 17.7 Å². The Balaban J connectivity index is 1.80. The van der Waals surface area contributed by atoms with E-state index in [9.17, 15) is 18.8 Å². The molecule has 2 aromatic rings. The molecule has 3 rings (SSSR count). The highest BCUT2D eigenvalue weighted by atomic mass is 32.2. The molecule has 1 aliphatic rings. The van der Waals surface area contributed by atoms with Crippen molar-refractivity contribution in [3.8, 4) is 0 Å². The van der Waals surface area contributed by atoms with Crippen LogP contribution in [0.4, 0.5) is 10.1 Å². The number of thioether (sulfide) groups is 1. The van der Waals surface area contributed by atoms with E-state index < -0.39 is 36.1 Å². The van der Waals surface area contributed by atoms with E-state index in [1.807, 2.05) is 0 Å². The smallest absolute Gasteiger partial charge is 0.311 e. The molecule has 142 valence electrons.